The minimum atomic E-state index is 0.121. The van der Waals surface area contributed by atoms with Gasteiger partial charge in [-0.1, -0.05) is 49.1 Å². The fourth-order valence-corrected chi connectivity index (χ4v) is 2.74. The summed E-state index contributed by atoms with van der Waals surface area (Å²) in [5.74, 6) is 0.121. The van der Waals surface area contributed by atoms with Crippen LogP contribution in [0, 0.1) is 6.92 Å². The zero-order chi connectivity index (χ0) is 14.4. The molecule has 0 spiro atoms. The van der Waals surface area contributed by atoms with E-state index in [2.05, 4.69) is 48.7 Å². The Bertz CT molecular complexity index is 421. The Morgan fingerprint density at radius 1 is 1.20 bits per heavy atom. The molecule has 110 valence electrons. The maximum absolute atomic E-state index is 11.9. The third kappa shape index (κ3) is 4.64. The molecule has 1 amide bonds. The van der Waals surface area contributed by atoms with Gasteiger partial charge >= 0.3 is 0 Å². The Kier molecular flexibility index (Phi) is 5.60. The zero-order valence-electron chi connectivity index (χ0n) is 12.6. The van der Waals surface area contributed by atoms with E-state index in [-0.39, 0.29) is 11.9 Å². The zero-order valence-corrected chi connectivity index (χ0v) is 12.6. The first-order valence-electron chi connectivity index (χ1n) is 7.74. The average molecular weight is 274 g/mol. The van der Waals surface area contributed by atoms with Gasteiger partial charge in [0.25, 0.3) is 0 Å². The minimum absolute atomic E-state index is 0.121. The molecule has 0 aliphatic heterocycles. The fourth-order valence-electron chi connectivity index (χ4n) is 2.74. The summed E-state index contributed by atoms with van der Waals surface area (Å²) in [4.78, 5) is 11.9. The average Bonchev–Trinajstić information content (AvgIpc) is 2.46. The van der Waals surface area contributed by atoms with Gasteiger partial charge in [0.1, 0.15) is 0 Å². The number of carbonyl (C=O) groups is 1. The first-order valence-corrected chi connectivity index (χ1v) is 7.74. The maximum Gasteiger partial charge on any atom is 0.234 e. The number of carbonyl (C=O) groups excluding carboxylic acids is 1. The summed E-state index contributed by atoms with van der Waals surface area (Å²) in [6.07, 6.45) is 6.09. The first-order chi connectivity index (χ1) is 9.65. The molecule has 1 saturated carbocycles. The Morgan fingerprint density at radius 3 is 2.50 bits per heavy atom. The molecule has 0 heterocycles. The molecule has 0 radical (unpaired) electrons. The third-order valence-electron chi connectivity index (χ3n) is 4.12. The van der Waals surface area contributed by atoms with Gasteiger partial charge in [-0.3, -0.25) is 4.79 Å². The van der Waals surface area contributed by atoms with Crippen molar-refractivity contribution in [3.05, 3.63) is 35.4 Å². The van der Waals surface area contributed by atoms with E-state index in [0.717, 1.165) is 12.8 Å². The van der Waals surface area contributed by atoms with Gasteiger partial charge in [0.05, 0.1) is 6.54 Å². The highest BCUT2D eigenvalue weighted by molar-refractivity contribution is 5.78. The van der Waals surface area contributed by atoms with Gasteiger partial charge in [-0.05, 0) is 32.3 Å². The molecule has 1 aliphatic carbocycles. The van der Waals surface area contributed by atoms with E-state index in [1.165, 1.54) is 30.4 Å². The van der Waals surface area contributed by atoms with Gasteiger partial charge in [-0.25, -0.2) is 0 Å². The molecule has 1 aromatic carbocycles. The lowest BCUT2D eigenvalue weighted by molar-refractivity contribution is -0.121. The van der Waals surface area contributed by atoms with Crippen LogP contribution in [0.3, 0.4) is 0 Å². The summed E-state index contributed by atoms with van der Waals surface area (Å²) < 4.78 is 0. The smallest absolute Gasteiger partial charge is 0.234 e. The number of hydrogen-bond acceptors (Lipinski definition) is 2. The van der Waals surface area contributed by atoms with Crippen molar-refractivity contribution in [2.24, 2.45) is 0 Å². The highest BCUT2D eigenvalue weighted by Gasteiger charge is 2.15. The van der Waals surface area contributed by atoms with Crippen molar-refractivity contribution in [1.29, 1.82) is 0 Å². The Hall–Kier alpha value is -1.35. The van der Waals surface area contributed by atoms with Crippen molar-refractivity contribution in [2.45, 2.75) is 58.0 Å². The second-order valence-corrected chi connectivity index (χ2v) is 5.92. The molecule has 1 aromatic rings. The van der Waals surface area contributed by atoms with Crippen LogP contribution in [0.2, 0.25) is 0 Å². The van der Waals surface area contributed by atoms with Gasteiger partial charge in [-0.2, -0.15) is 0 Å². The number of rotatable bonds is 5. The van der Waals surface area contributed by atoms with Crippen LogP contribution in [0.4, 0.5) is 0 Å². The van der Waals surface area contributed by atoms with Crippen molar-refractivity contribution in [1.82, 2.24) is 10.6 Å². The molecule has 0 saturated heterocycles. The van der Waals surface area contributed by atoms with Crippen molar-refractivity contribution >= 4 is 5.91 Å². The molecule has 1 aliphatic rings. The molecular weight excluding hydrogens is 248 g/mol. The van der Waals surface area contributed by atoms with E-state index in [9.17, 15) is 4.79 Å². The number of aryl methyl sites for hydroxylation is 1. The lowest BCUT2D eigenvalue weighted by atomic mass is 9.95. The van der Waals surface area contributed by atoms with Gasteiger partial charge in [-0.15, -0.1) is 0 Å². The molecule has 2 rings (SSSR count). The molecule has 3 heteroatoms. The Balaban J connectivity index is 1.73. The second kappa shape index (κ2) is 7.44. The minimum Gasteiger partial charge on any atom is -0.352 e. The number of benzene rings is 1. The molecule has 0 bridgehead atoms. The molecule has 2 N–H and O–H groups in total. The molecule has 3 nitrogen and oxygen atoms in total. The predicted molar refractivity (Wildman–Crippen MR) is 82.6 cm³/mol. The third-order valence-corrected chi connectivity index (χ3v) is 4.12. The lowest BCUT2D eigenvalue weighted by Gasteiger charge is -2.23. The van der Waals surface area contributed by atoms with Crippen LogP contribution in [-0.4, -0.2) is 18.5 Å². The molecule has 0 unspecified atom stereocenters. The molecule has 1 fully saturated rings. The second-order valence-electron chi connectivity index (χ2n) is 5.92. The van der Waals surface area contributed by atoms with E-state index in [0.29, 0.717) is 12.6 Å². The van der Waals surface area contributed by atoms with E-state index < -0.39 is 0 Å². The Labute approximate surface area is 122 Å². The molecular formula is C17H26N2O. The van der Waals surface area contributed by atoms with Gasteiger partial charge < -0.3 is 10.6 Å². The lowest BCUT2D eigenvalue weighted by Crippen LogP contribution is -2.41. The van der Waals surface area contributed by atoms with Gasteiger partial charge in [0.15, 0.2) is 0 Å². The maximum atomic E-state index is 11.9. The van der Waals surface area contributed by atoms with Crippen LogP contribution in [0.1, 0.15) is 56.2 Å². The molecule has 1 atom stereocenters. The number of hydrogen-bond donors (Lipinski definition) is 2. The summed E-state index contributed by atoms with van der Waals surface area (Å²) in [5, 5.41) is 6.43. The van der Waals surface area contributed by atoms with E-state index in [4.69, 9.17) is 0 Å². The van der Waals surface area contributed by atoms with Crippen LogP contribution < -0.4 is 10.6 Å². The van der Waals surface area contributed by atoms with Crippen LogP contribution >= 0.6 is 0 Å². The first kappa shape index (κ1) is 15.0. The number of amides is 1. The van der Waals surface area contributed by atoms with Crippen molar-refractivity contribution in [2.75, 3.05) is 6.54 Å². The van der Waals surface area contributed by atoms with E-state index in [1.807, 2.05) is 0 Å². The largest absolute Gasteiger partial charge is 0.352 e. The highest BCUT2D eigenvalue weighted by atomic mass is 16.1. The van der Waals surface area contributed by atoms with Crippen LogP contribution in [0.25, 0.3) is 0 Å². The normalized spacial score (nSPS) is 17.7. The van der Waals surface area contributed by atoms with Gasteiger partial charge in [0.2, 0.25) is 5.91 Å². The molecule has 0 aromatic heterocycles. The number of nitrogens with one attached hydrogen (secondary N) is 2. The van der Waals surface area contributed by atoms with Gasteiger partial charge in [0, 0.05) is 12.1 Å². The summed E-state index contributed by atoms with van der Waals surface area (Å²) in [5.41, 5.74) is 2.48. The fraction of sp³-hybridized carbons (Fsp3) is 0.588. The van der Waals surface area contributed by atoms with Crippen LogP contribution in [0.15, 0.2) is 24.3 Å². The highest BCUT2D eigenvalue weighted by Crippen LogP contribution is 2.17. The predicted octanol–water partition coefficient (Wildman–Crippen LogP) is 3.09. The summed E-state index contributed by atoms with van der Waals surface area (Å²) in [6.45, 7) is 4.57. The topological polar surface area (TPSA) is 41.1 Å². The summed E-state index contributed by atoms with van der Waals surface area (Å²) >= 11 is 0. The van der Waals surface area contributed by atoms with E-state index >= 15 is 0 Å². The van der Waals surface area contributed by atoms with Crippen molar-refractivity contribution < 1.29 is 4.79 Å². The standard InChI is InChI=1S/C17H26N2O/c1-13-8-10-15(11-9-13)14(2)18-12-17(20)19-16-6-4-3-5-7-16/h8-11,14,16,18H,3-7,12H2,1-2H3,(H,19,20)/t14-/m1/s1. The summed E-state index contributed by atoms with van der Waals surface area (Å²) in [6, 6.07) is 9.05. The van der Waals surface area contributed by atoms with E-state index in [1.54, 1.807) is 0 Å². The quantitative estimate of drug-likeness (QED) is 0.866. The SMILES string of the molecule is Cc1ccc([C@@H](C)NCC(=O)NC2CCCCC2)cc1. The van der Waals surface area contributed by atoms with Crippen molar-refractivity contribution in [3.8, 4) is 0 Å². The Morgan fingerprint density at radius 2 is 1.85 bits per heavy atom. The van der Waals surface area contributed by atoms with Crippen LogP contribution in [-0.2, 0) is 4.79 Å². The summed E-state index contributed by atoms with van der Waals surface area (Å²) in [7, 11) is 0. The monoisotopic (exact) mass is 274 g/mol. The van der Waals surface area contributed by atoms with Crippen molar-refractivity contribution in [3.63, 3.8) is 0 Å². The molecule has 20 heavy (non-hydrogen) atoms. The van der Waals surface area contributed by atoms with Crippen LogP contribution in [0.5, 0.6) is 0 Å².